The number of anilines is 2. The summed E-state index contributed by atoms with van der Waals surface area (Å²) < 4.78 is 0. The van der Waals surface area contributed by atoms with Crippen LogP contribution in [-0.4, -0.2) is 37.1 Å². The molecular formula is C18H17ClN4O. The molecule has 0 aromatic heterocycles. The van der Waals surface area contributed by atoms with Crippen molar-refractivity contribution < 1.29 is 4.79 Å². The third-order valence-corrected chi connectivity index (χ3v) is 4.37. The summed E-state index contributed by atoms with van der Waals surface area (Å²) in [5, 5.41) is 12.6. The van der Waals surface area contributed by atoms with Crippen LogP contribution in [0.3, 0.4) is 0 Å². The van der Waals surface area contributed by atoms with E-state index in [1.807, 2.05) is 24.3 Å². The second-order valence-electron chi connectivity index (χ2n) is 5.51. The molecule has 1 N–H and O–H groups in total. The number of carbonyl (C=O) groups excluding carboxylic acids is 1. The molecule has 0 aliphatic carbocycles. The van der Waals surface area contributed by atoms with Crippen molar-refractivity contribution in [1.29, 1.82) is 5.26 Å². The Labute approximate surface area is 146 Å². The van der Waals surface area contributed by atoms with Crippen molar-refractivity contribution in [2.45, 2.75) is 0 Å². The Balaban J connectivity index is 1.62. The summed E-state index contributed by atoms with van der Waals surface area (Å²) in [4.78, 5) is 16.3. The van der Waals surface area contributed by atoms with Gasteiger partial charge in [0.1, 0.15) is 6.07 Å². The van der Waals surface area contributed by atoms with Crippen molar-refractivity contribution in [3.05, 3.63) is 59.1 Å². The molecule has 0 atom stereocenters. The number of hydrogen-bond acceptors (Lipinski definition) is 3. The quantitative estimate of drug-likeness (QED) is 0.909. The van der Waals surface area contributed by atoms with Crippen molar-refractivity contribution in [3.8, 4) is 6.07 Å². The van der Waals surface area contributed by atoms with Crippen LogP contribution in [0.4, 0.5) is 16.2 Å². The lowest BCUT2D eigenvalue weighted by Crippen LogP contribution is -2.50. The number of nitriles is 1. The summed E-state index contributed by atoms with van der Waals surface area (Å²) in [5.41, 5.74) is 1.99. The first-order valence-corrected chi connectivity index (χ1v) is 8.11. The van der Waals surface area contributed by atoms with E-state index in [0.717, 1.165) is 23.8 Å². The van der Waals surface area contributed by atoms with Crippen LogP contribution >= 0.6 is 11.6 Å². The lowest BCUT2D eigenvalue weighted by Gasteiger charge is -2.36. The van der Waals surface area contributed by atoms with Gasteiger partial charge in [-0.15, -0.1) is 0 Å². The molecule has 0 bridgehead atoms. The first-order chi connectivity index (χ1) is 11.7. The molecule has 0 spiro atoms. The minimum atomic E-state index is -0.184. The second kappa shape index (κ2) is 7.24. The summed E-state index contributed by atoms with van der Waals surface area (Å²) >= 11 is 6.23. The van der Waals surface area contributed by atoms with E-state index in [4.69, 9.17) is 16.9 Å². The highest BCUT2D eigenvalue weighted by atomic mass is 35.5. The normalized spacial score (nSPS) is 14.2. The van der Waals surface area contributed by atoms with Crippen molar-refractivity contribution >= 4 is 29.0 Å². The van der Waals surface area contributed by atoms with Gasteiger partial charge in [-0.25, -0.2) is 4.79 Å². The molecule has 0 radical (unpaired) electrons. The third kappa shape index (κ3) is 3.44. The topological polar surface area (TPSA) is 59.4 Å². The minimum absolute atomic E-state index is 0.184. The van der Waals surface area contributed by atoms with Crippen molar-refractivity contribution in [2.75, 3.05) is 36.4 Å². The molecule has 5 nitrogen and oxygen atoms in total. The summed E-state index contributed by atoms with van der Waals surface area (Å²) in [7, 11) is 0. The van der Waals surface area contributed by atoms with Crippen LogP contribution in [0.1, 0.15) is 5.56 Å². The predicted octanol–water partition coefficient (Wildman–Crippen LogP) is 3.57. The summed E-state index contributed by atoms with van der Waals surface area (Å²) in [6.45, 7) is 2.64. The van der Waals surface area contributed by atoms with Crippen LogP contribution in [0.25, 0.3) is 0 Å². The highest BCUT2D eigenvalue weighted by molar-refractivity contribution is 6.33. The molecule has 122 valence electrons. The number of rotatable bonds is 2. The molecule has 2 aromatic carbocycles. The van der Waals surface area contributed by atoms with Gasteiger partial charge < -0.3 is 15.1 Å². The lowest BCUT2D eigenvalue weighted by atomic mass is 10.2. The molecule has 1 fully saturated rings. The maximum Gasteiger partial charge on any atom is 0.322 e. The number of nitrogens with one attached hydrogen (secondary N) is 1. The highest BCUT2D eigenvalue weighted by Gasteiger charge is 2.22. The monoisotopic (exact) mass is 340 g/mol. The fourth-order valence-electron chi connectivity index (χ4n) is 2.74. The van der Waals surface area contributed by atoms with Gasteiger partial charge >= 0.3 is 6.03 Å². The Morgan fingerprint density at radius 3 is 2.42 bits per heavy atom. The number of carbonyl (C=O) groups is 1. The fourth-order valence-corrected chi connectivity index (χ4v) is 3.00. The molecule has 3 rings (SSSR count). The molecule has 0 saturated carbocycles. The van der Waals surface area contributed by atoms with E-state index in [1.54, 1.807) is 29.2 Å². The second-order valence-corrected chi connectivity index (χ2v) is 5.92. The summed E-state index contributed by atoms with van der Waals surface area (Å²) in [6, 6.07) is 16.6. The minimum Gasteiger partial charge on any atom is -0.367 e. The van der Waals surface area contributed by atoms with Gasteiger partial charge in [0.25, 0.3) is 0 Å². The number of amides is 2. The number of benzene rings is 2. The Hall–Kier alpha value is -2.71. The number of piperazine rings is 1. The van der Waals surface area contributed by atoms with E-state index in [1.165, 1.54) is 0 Å². The maximum atomic E-state index is 12.4. The molecule has 1 heterocycles. The number of hydrogen-bond donors (Lipinski definition) is 1. The molecule has 24 heavy (non-hydrogen) atoms. The Bertz CT molecular complexity index is 779. The third-order valence-electron chi connectivity index (χ3n) is 4.05. The van der Waals surface area contributed by atoms with Crippen LogP contribution < -0.4 is 10.2 Å². The molecule has 6 heteroatoms. The van der Waals surface area contributed by atoms with Gasteiger partial charge in [-0.1, -0.05) is 35.9 Å². The van der Waals surface area contributed by atoms with Gasteiger partial charge in [-0.05, 0) is 24.3 Å². The van der Waals surface area contributed by atoms with Crippen molar-refractivity contribution in [3.63, 3.8) is 0 Å². The van der Waals surface area contributed by atoms with Crippen molar-refractivity contribution in [1.82, 2.24) is 4.90 Å². The molecule has 2 aromatic rings. The Kier molecular flexibility index (Phi) is 4.88. The van der Waals surface area contributed by atoms with Gasteiger partial charge in [0.2, 0.25) is 0 Å². The van der Waals surface area contributed by atoms with Gasteiger partial charge in [0, 0.05) is 26.2 Å². The van der Waals surface area contributed by atoms with Crippen LogP contribution in [0, 0.1) is 11.3 Å². The van der Waals surface area contributed by atoms with Crippen LogP contribution in [0.2, 0.25) is 5.02 Å². The van der Waals surface area contributed by atoms with Gasteiger partial charge in [0.05, 0.1) is 22.0 Å². The van der Waals surface area contributed by atoms with Crippen LogP contribution in [-0.2, 0) is 0 Å². The average molecular weight is 341 g/mol. The largest absolute Gasteiger partial charge is 0.367 e. The molecule has 1 aliphatic heterocycles. The zero-order valence-corrected chi connectivity index (χ0v) is 13.8. The predicted molar refractivity (Wildman–Crippen MR) is 95.4 cm³/mol. The Morgan fingerprint density at radius 2 is 1.71 bits per heavy atom. The van der Waals surface area contributed by atoms with E-state index in [2.05, 4.69) is 16.3 Å². The first kappa shape index (κ1) is 16.2. The van der Waals surface area contributed by atoms with E-state index >= 15 is 0 Å². The molecule has 1 saturated heterocycles. The summed E-state index contributed by atoms with van der Waals surface area (Å²) in [6.07, 6.45) is 0. The highest BCUT2D eigenvalue weighted by Crippen LogP contribution is 2.26. The SMILES string of the molecule is N#Cc1ccccc1NC(=O)N1CCN(c2ccccc2Cl)CC1. The maximum absolute atomic E-state index is 12.4. The first-order valence-electron chi connectivity index (χ1n) is 7.73. The standard InChI is InChI=1S/C18H17ClN4O/c19-15-6-2-4-8-17(15)22-9-11-23(12-10-22)18(24)21-16-7-3-1-5-14(16)13-20/h1-8H,9-12H2,(H,21,24). The van der Waals surface area contributed by atoms with Gasteiger partial charge in [0.15, 0.2) is 0 Å². The molecule has 0 unspecified atom stereocenters. The average Bonchev–Trinajstić information content (AvgIpc) is 2.63. The zero-order valence-electron chi connectivity index (χ0n) is 13.1. The number of halogens is 1. The zero-order chi connectivity index (χ0) is 16.9. The van der Waals surface area contributed by atoms with Gasteiger partial charge in [-0.2, -0.15) is 5.26 Å². The number of urea groups is 1. The Morgan fingerprint density at radius 1 is 1.04 bits per heavy atom. The van der Waals surface area contributed by atoms with E-state index < -0.39 is 0 Å². The van der Waals surface area contributed by atoms with E-state index in [0.29, 0.717) is 24.3 Å². The fraction of sp³-hybridized carbons (Fsp3) is 0.222. The lowest BCUT2D eigenvalue weighted by molar-refractivity contribution is 0.208. The van der Waals surface area contributed by atoms with E-state index in [9.17, 15) is 4.79 Å². The smallest absolute Gasteiger partial charge is 0.322 e. The number of nitrogens with zero attached hydrogens (tertiary/aromatic N) is 3. The molecular weight excluding hydrogens is 324 g/mol. The van der Waals surface area contributed by atoms with Crippen molar-refractivity contribution in [2.24, 2.45) is 0 Å². The van der Waals surface area contributed by atoms with Gasteiger partial charge in [-0.3, -0.25) is 0 Å². The summed E-state index contributed by atoms with van der Waals surface area (Å²) in [5.74, 6) is 0. The van der Waals surface area contributed by atoms with E-state index in [-0.39, 0.29) is 6.03 Å². The molecule has 1 aliphatic rings. The number of para-hydroxylation sites is 2. The van der Waals surface area contributed by atoms with Crippen LogP contribution in [0.15, 0.2) is 48.5 Å². The molecule has 2 amide bonds. The van der Waals surface area contributed by atoms with Crippen LogP contribution in [0.5, 0.6) is 0 Å².